The van der Waals surface area contributed by atoms with Crippen LogP contribution in [0.2, 0.25) is 0 Å². The summed E-state index contributed by atoms with van der Waals surface area (Å²) >= 11 is 0. The van der Waals surface area contributed by atoms with Gasteiger partial charge in [-0.05, 0) is 179 Å². The van der Waals surface area contributed by atoms with Crippen molar-refractivity contribution in [1.29, 1.82) is 0 Å². The molecule has 0 N–H and O–H groups in total. The SMILES string of the molecule is CC(C)(C)c1ccc(N(c2ccc(C(C)(C)C)cc2)c2cc3c4c(c2)N2c5c(cc(C(C)(C)C)cc5C5(C)CCCCC25C)B4c2cc4c(cc2N3c2ccc(C(C)(C)C)cc2-c2ccccc2)C(C)(C)c2ccc(C(C)(C)C)cc2-4)cc1. The molecular weight excluding hydrogens is 1000 g/mol. The van der Waals surface area contributed by atoms with Crippen LogP contribution in [0.4, 0.5) is 45.5 Å². The molecule has 2 aliphatic carbocycles. The summed E-state index contributed by atoms with van der Waals surface area (Å²) in [7, 11) is 0. The van der Waals surface area contributed by atoms with Gasteiger partial charge in [0.25, 0.3) is 6.71 Å². The zero-order chi connectivity index (χ0) is 59.1. The lowest BCUT2D eigenvalue weighted by atomic mass is 9.33. The number of fused-ring (bicyclic) bond motifs is 10. The Labute approximate surface area is 499 Å². The normalized spacial score (nSPS) is 19.4. The molecule has 83 heavy (non-hydrogen) atoms. The van der Waals surface area contributed by atoms with E-state index in [1.165, 1.54) is 125 Å². The summed E-state index contributed by atoms with van der Waals surface area (Å²) in [5.41, 5.74) is 30.0. The molecular formula is C79H90BN3. The van der Waals surface area contributed by atoms with Crippen molar-refractivity contribution in [2.45, 2.75) is 201 Å². The van der Waals surface area contributed by atoms with Crippen molar-refractivity contribution in [3.63, 3.8) is 0 Å². The Hall–Kier alpha value is -6.78. The van der Waals surface area contributed by atoms with Crippen LogP contribution >= 0.6 is 0 Å². The second kappa shape index (κ2) is 18.1. The molecule has 2 unspecified atom stereocenters. The molecule has 424 valence electrons. The first kappa shape index (κ1) is 55.4. The van der Waals surface area contributed by atoms with Gasteiger partial charge in [-0.25, -0.2) is 0 Å². The molecule has 4 heteroatoms. The predicted octanol–water partition coefficient (Wildman–Crippen LogP) is 20.0. The molecule has 8 aromatic rings. The van der Waals surface area contributed by atoms with Gasteiger partial charge >= 0.3 is 0 Å². The van der Waals surface area contributed by atoms with E-state index in [4.69, 9.17) is 0 Å². The topological polar surface area (TPSA) is 9.72 Å². The summed E-state index contributed by atoms with van der Waals surface area (Å²) in [6, 6.07) is 61.0. The standard InChI is InChI=1S/C79H90BN3/c1-72(2,3)50-27-33-55(34-28-50)81(56-35-29-51(30-36-56)73(4,5)6)57-45-68-70-69(46-57)83-71-63(78(18)39-23-24-40-79(78,83)19)43-54(76(13,14)15)44-65(71)80(70)64-47-60-59-42-52(74(7,8)9)31-37-61(59)77(16,17)62(60)48-67(64)82(68)66-38-32-53(75(10,11)12)41-58(66)49-25-21-20-22-26-49/h20-22,25-38,41-48H,23-24,39-40H2,1-19H3. The van der Waals surface area contributed by atoms with Gasteiger partial charge in [0, 0.05) is 50.5 Å². The van der Waals surface area contributed by atoms with Gasteiger partial charge in [0.05, 0.1) is 16.9 Å². The molecule has 5 aliphatic rings. The van der Waals surface area contributed by atoms with Crippen LogP contribution < -0.4 is 31.1 Å². The molecule has 2 atom stereocenters. The number of anilines is 8. The van der Waals surface area contributed by atoms with Crippen LogP contribution in [0.5, 0.6) is 0 Å². The summed E-state index contributed by atoms with van der Waals surface area (Å²) in [5.74, 6) is 0. The van der Waals surface area contributed by atoms with E-state index in [0.717, 1.165) is 24.2 Å². The van der Waals surface area contributed by atoms with Crippen molar-refractivity contribution in [1.82, 2.24) is 0 Å². The van der Waals surface area contributed by atoms with Gasteiger partial charge in [-0.2, -0.15) is 0 Å². The minimum Gasteiger partial charge on any atom is -0.335 e. The summed E-state index contributed by atoms with van der Waals surface area (Å²) < 4.78 is 0. The molecule has 0 amide bonds. The summed E-state index contributed by atoms with van der Waals surface area (Å²) in [6.07, 6.45) is 4.74. The number of benzene rings is 8. The first-order valence-corrected chi connectivity index (χ1v) is 31.3. The molecule has 13 rings (SSSR count). The predicted molar refractivity (Wildman–Crippen MR) is 360 cm³/mol. The van der Waals surface area contributed by atoms with Crippen LogP contribution in [-0.4, -0.2) is 12.3 Å². The molecule has 1 fully saturated rings. The minimum absolute atomic E-state index is 0.00641. The van der Waals surface area contributed by atoms with E-state index in [2.05, 4.69) is 298 Å². The zero-order valence-corrected chi connectivity index (χ0v) is 53.7. The van der Waals surface area contributed by atoms with Crippen molar-refractivity contribution in [3.8, 4) is 22.3 Å². The minimum atomic E-state index is -0.238. The van der Waals surface area contributed by atoms with E-state index >= 15 is 0 Å². The van der Waals surface area contributed by atoms with E-state index in [1.54, 1.807) is 5.56 Å². The van der Waals surface area contributed by atoms with E-state index in [9.17, 15) is 0 Å². The van der Waals surface area contributed by atoms with Crippen LogP contribution in [0, 0.1) is 0 Å². The second-order valence-corrected chi connectivity index (χ2v) is 31.9. The Balaban J connectivity index is 1.21. The number of rotatable bonds is 5. The highest BCUT2D eigenvalue weighted by Crippen LogP contribution is 2.63. The molecule has 0 bridgehead atoms. The zero-order valence-electron chi connectivity index (χ0n) is 53.7. The Kier molecular flexibility index (Phi) is 12.1. The molecule has 3 nitrogen and oxygen atoms in total. The van der Waals surface area contributed by atoms with Gasteiger partial charge in [0.1, 0.15) is 0 Å². The average Bonchev–Trinajstić information content (AvgIpc) is 1.58. The van der Waals surface area contributed by atoms with E-state index in [1.807, 2.05) is 0 Å². The van der Waals surface area contributed by atoms with Gasteiger partial charge in [0.2, 0.25) is 0 Å². The van der Waals surface area contributed by atoms with Crippen molar-refractivity contribution < 1.29 is 0 Å². The molecule has 0 radical (unpaired) electrons. The van der Waals surface area contributed by atoms with E-state index in [0.29, 0.717) is 0 Å². The molecule has 0 spiro atoms. The van der Waals surface area contributed by atoms with Crippen molar-refractivity contribution >= 4 is 68.6 Å². The van der Waals surface area contributed by atoms with Gasteiger partial charge in [-0.15, -0.1) is 0 Å². The van der Waals surface area contributed by atoms with Gasteiger partial charge in [-0.3, -0.25) is 0 Å². The lowest BCUT2D eigenvalue weighted by Crippen LogP contribution is -2.64. The highest BCUT2D eigenvalue weighted by Gasteiger charge is 2.62. The van der Waals surface area contributed by atoms with Crippen LogP contribution in [-0.2, 0) is 37.9 Å². The van der Waals surface area contributed by atoms with Gasteiger partial charge in [-0.1, -0.05) is 235 Å². The fourth-order valence-corrected chi connectivity index (χ4v) is 15.6. The Bertz CT molecular complexity index is 3880. The lowest BCUT2D eigenvalue weighted by molar-refractivity contribution is 0.195. The van der Waals surface area contributed by atoms with Crippen LogP contribution in [0.15, 0.2) is 152 Å². The molecule has 0 saturated heterocycles. The first-order chi connectivity index (χ1) is 38.8. The molecule has 0 aromatic heterocycles. The smallest absolute Gasteiger partial charge is 0.252 e. The highest BCUT2D eigenvalue weighted by molar-refractivity contribution is 7.00. The number of hydrogen-bond acceptors (Lipinski definition) is 3. The Morgan fingerprint density at radius 2 is 0.916 bits per heavy atom. The van der Waals surface area contributed by atoms with Crippen LogP contribution in [0.1, 0.15) is 202 Å². The first-order valence-electron chi connectivity index (χ1n) is 31.3. The fraction of sp³-hybridized carbons (Fsp3) is 0.392. The van der Waals surface area contributed by atoms with Crippen LogP contribution in [0.3, 0.4) is 0 Å². The van der Waals surface area contributed by atoms with Gasteiger partial charge in [0.15, 0.2) is 0 Å². The maximum atomic E-state index is 2.94. The van der Waals surface area contributed by atoms with E-state index < -0.39 is 0 Å². The highest BCUT2D eigenvalue weighted by atomic mass is 15.3. The maximum absolute atomic E-state index is 2.94. The van der Waals surface area contributed by atoms with Crippen molar-refractivity contribution in [2.75, 3.05) is 14.7 Å². The Morgan fingerprint density at radius 1 is 0.398 bits per heavy atom. The summed E-state index contributed by atoms with van der Waals surface area (Å²) in [5, 5.41) is 0. The molecule has 3 heterocycles. The summed E-state index contributed by atoms with van der Waals surface area (Å²) in [6.45, 7) is 45.6. The third-order valence-corrected chi connectivity index (χ3v) is 21.0. The monoisotopic (exact) mass is 1090 g/mol. The van der Waals surface area contributed by atoms with Crippen molar-refractivity contribution in [3.05, 3.63) is 196 Å². The quantitative estimate of drug-likeness (QED) is 0.159. The van der Waals surface area contributed by atoms with Crippen LogP contribution in [0.25, 0.3) is 22.3 Å². The molecule has 8 aromatic carbocycles. The van der Waals surface area contributed by atoms with Gasteiger partial charge < -0.3 is 14.7 Å². The maximum Gasteiger partial charge on any atom is 0.252 e. The number of hydrogen-bond donors (Lipinski definition) is 0. The largest absolute Gasteiger partial charge is 0.335 e. The number of nitrogens with zero attached hydrogens (tertiary/aromatic N) is 3. The second-order valence-electron chi connectivity index (χ2n) is 31.9. The lowest BCUT2D eigenvalue weighted by Gasteiger charge is -2.53. The third kappa shape index (κ3) is 8.39. The Morgan fingerprint density at radius 3 is 1.49 bits per heavy atom. The molecule has 3 aliphatic heterocycles. The fourth-order valence-electron chi connectivity index (χ4n) is 15.6. The molecule has 1 saturated carbocycles. The summed E-state index contributed by atoms with van der Waals surface area (Å²) in [4.78, 5) is 8.27. The average molecular weight is 1090 g/mol. The van der Waals surface area contributed by atoms with Crippen molar-refractivity contribution in [2.24, 2.45) is 0 Å². The van der Waals surface area contributed by atoms with E-state index in [-0.39, 0.29) is 50.2 Å². The third-order valence-electron chi connectivity index (χ3n) is 21.0.